The van der Waals surface area contributed by atoms with E-state index in [0.717, 1.165) is 43.2 Å². The van der Waals surface area contributed by atoms with E-state index in [1.165, 1.54) is 0 Å². The number of carbonyl (C=O) groups is 2. The van der Waals surface area contributed by atoms with Crippen molar-refractivity contribution in [2.75, 3.05) is 0 Å². The monoisotopic (exact) mass is 544 g/mol. The average molecular weight is 545 g/mol. The molecule has 0 fully saturated rings. The summed E-state index contributed by atoms with van der Waals surface area (Å²) in [5.41, 5.74) is 3.14. The summed E-state index contributed by atoms with van der Waals surface area (Å²) < 4.78 is 0. The Bertz CT molecular complexity index is 888. The second-order valence-electron chi connectivity index (χ2n) is 12.0. The molecule has 2 aromatic rings. The fourth-order valence-electron chi connectivity index (χ4n) is 3.91. The second-order valence-corrected chi connectivity index (χ2v) is 12.0. The Labute approximate surface area is 236 Å². The number of aliphatic hydroxyl groups is 2. The molecule has 0 bridgehead atoms. The molecule has 0 heterocycles. The second kappa shape index (κ2) is 17.1. The quantitative estimate of drug-likeness (QED) is 0.257. The van der Waals surface area contributed by atoms with Gasteiger partial charge in [-0.15, -0.1) is 0 Å². The Morgan fingerprint density at radius 2 is 0.949 bits per heavy atom. The number of aliphatic hydroxyl groups excluding tert-OH is 2. The molecule has 0 amide bonds. The van der Waals surface area contributed by atoms with Crippen molar-refractivity contribution in [3.8, 4) is 0 Å². The Balaban J connectivity index is 0.000000555. The zero-order chi connectivity index (χ0) is 30.4. The van der Waals surface area contributed by atoms with Gasteiger partial charge in [0.05, 0.1) is 23.3 Å². The van der Waals surface area contributed by atoms with E-state index in [1.807, 2.05) is 38.1 Å². The molecule has 2 unspecified atom stereocenters. The Kier molecular flexibility index (Phi) is 15.9. The van der Waals surface area contributed by atoms with E-state index < -0.39 is 11.9 Å². The first-order chi connectivity index (χ1) is 18.0. The van der Waals surface area contributed by atoms with Crippen molar-refractivity contribution in [1.82, 2.24) is 0 Å². The van der Waals surface area contributed by atoms with E-state index >= 15 is 0 Å². The number of benzene rings is 2. The maximum Gasteiger partial charge on any atom is 0.335 e. The van der Waals surface area contributed by atoms with Gasteiger partial charge in [-0.25, -0.2) is 9.59 Å². The minimum atomic E-state index is -0.875. The van der Waals surface area contributed by atoms with E-state index in [2.05, 4.69) is 48.5 Å². The largest absolute Gasteiger partial charge is 0.478 e. The van der Waals surface area contributed by atoms with Gasteiger partial charge < -0.3 is 20.4 Å². The lowest BCUT2D eigenvalue weighted by molar-refractivity contribution is 0.00366. The summed E-state index contributed by atoms with van der Waals surface area (Å²) in [7, 11) is 0. The lowest BCUT2D eigenvalue weighted by atomic mass is 9.87. The highest BCUT2D eigenvalue weighted by molar-refractivity contribution is 5.88. The molecule has 39 heavy (non-hydrogen) atoms. The fraction of sp³-hybridized carbons (Fsp3) is 0.576. The molecule has 6 heteroatoms. The number of hydrogen-bond donors (Lipinski definition) is 4. The summed E-state index contributed by atoms with van der Waals surface area (Å²) in [5.74, 6) is -1.67. The molecule has 0 saturated carbocycles. The molecule has 220 valence electrons. The molecule has 2 rings (SSSR count). The third-order valence-corrected chi connectivity index (χ3v) is 6.71. The number of aromatic carboxylic acids is 2. The first kappa shape index (κ1) is 36.3. The molecule has 0 saturated heterocycles. The molecule has 0 aliphatic carbocycles. The molecular formula is C33H52O6. The Hall–Kier alpha value is -2.70. The molecule has 0 spiro atoms. The van der Waals surface area contributed by atoms with Crippen LogP contribution in [0.5, 0.6) is 0 Å². The van der Waals surface area contributed by atoms with Gasteiger partial charge in [-0.2, -0.15) is 0 Å². The molecule has 2 atom stereocenters. The average Bonchev–Trinajstić information content (AvgIpc) is 2.88. The first-order valence-electron chi connectivity index (χ1n) is 14.0. The number of hydrogen-bond acceptors (Lipinski definition) is 4. The molecule has 4 N–H and O–H groups in total. The van der Waals surface area contributed by atoms with Gasteiger partial charge in [0.1, 0.15) is 0 Å². The van der Waals surface area contributed by atoms with Crippen LogP contribution in [0.4, 0.5) is 0 Å². The van der Waals surface area contributed by atoms with Gasteiger partial charge in [-0.3, -0.25) is 0 Å². The predicted molar refractivity (Wildman–Crippen MR) is 160 cm³/mol. The van der Waals surface area contributed by atoms with E-state index in [1.54, 1.807) is 24.3 Å². The van der Waals surface area contributed by atoms with Crippen LogP contribution in [0.1, 0.15) is 126 Å². The number of carboxylic acids is 2. The molecule has 2 aromatic carbocycles. The SMILES string of the molecule is CC(C)(C)c1ccc(C(=O)O)cc1.CC(C)(C)c1ccc(C(=O)O)cc1.CCCCC(C(O)CC)C(O)CC. The Morgan fingerprint density at radius 3 is 1.15 bits per heavy atom. The summed E-state index contributed by atoms with van der Waals surface area (Å²) in [6.07, 6.45) is 3.99. The molecule has 0 aliphatic heterocycles. The van der Waals surface area contributed by atoms with Crippen molar-refractivity contribution < 1.29 is 30.0 Å². The predicted octanol–water partition coefficient (Wildman–Crippen LogP) is 7.70. The van der Waals surface area contributed by atoms with Gasteiger partial charge in [0.15, 0.2) is 0 Å². The molecular weight excluding hydrogens is 492 g/mol. The van der Waals surface area contributed by atoms with Crippen LogP contribution in [-0.4, -0.2) is 44.6 Å². The summed E-state index contributed by atoms with van der Waals surface area (Å²) in [6, 6.07) is 14.0. The van der Waals surface area contributed by atoms with Crippen LogP contribution in [0, 0.1) is 5.92 Å². The smallest absolute Gasteiger partial charge is 0.335 e. The number of rotatable bonds is 9. The number of carboxylic acid groups (broad SMARTS) is 2. The standard InChI is InChI=1S/2C11H14O2.C11H24O2/c2*1-11(2,3)9-6-4-8(5-7-9)10(12)13;1-4-7-8-9(10(12)5-2)11(13)6-3/h2*4-7H,1-3H3,(H,12,13);9-13H,4-8H2,1-3H3. The zero-order valence-corrected chi connectivity index (χ0v) is 25.5. The fourth-order valence-corrected chi connectivity index (χ4v) is 3.91. The van der Waals surface area contributed by atoms with Crippen LogP contribution in [0.15, 0.2) is 48.5 Å². The van der Waals surface area contributed by atoms with Gasteiger partial charge in [0.2, 0.25) is 0 Å². The summed E-state index contributed by atoms with van der Waals surface area (Å²) >= 11 is 0. The van der Waals surface area contributed by atoms with Crippen LogP contribution < -0.4 is 0 Å². The highest BCUT2D eigenvalue weighted by Crippen LogP contribution is 2.23. The van der Waals surface area contributed by atoms with Crippen molar-refractivity contribution in [3.05, 3.63) is 70.8 Å². The highest BCUT2D eigenvalue weighted by atomic mass is 16.4. The molecule has 0 aromatic heterocycles. The topological polar surface area (TPSA) is 115 Å². The first-order valence-corrected chi connectivity index (χ1v) is 14.0. The molecule has 0 radical (unpaired) electrons. The number of unbranched alkanes of at least 4 members (excludes halogenated alkanes) is 1. The van der Waals surface area contributed by atoms with E-state index in [9.17, 15) is 19.8 Å². The molecule has 6 nitrogen and oxygen atoms in total. The van der Waals surface area contributed by atoms with Gasteiger partial charge in [0, 0.05) is 5.92 Å². The maximum absolute atomic E-state index is 10.6. The van der Waals surface area contributed by atoms with Gasteiger partial charge in [0.25, 0.3) is 0 Å². The summed E-state index contributed by atoms with van der Waals surface area (Å²) in [5, 5.41) is 36.7. The third kappa shape index (κ3) is 13.8. The van der Waals surface area contributed by atoms with Crippen molar-refractivity contribution in [2.24, 2.45) is 5.92 Å². The van der Waals surface area contributed by atoms with Crippen LogP contribution >= 0.6 is 0 Å². The van der Waals surface area contributed by atoms with Crippen molar-refractivity contribution in [2.45, 2.75) is 117 Å². The third-order valence-electron chi connectivity index (χ3n) is 6.71. The minimum Gasteiger partial charge on any atom is -0.478 e. The van der Waals surface area contributed by atoms with E-state index in [4.69, 9.17) is 10.2 Å². The summed E-state index contributed by atoms with van der Waals surface area (Å²) in [6.45, 7) is 18.7. The minimum absolute atomic E-state index is 0.0787. The lowest BCUT2D eigenvalue weighted by Gasteiger charge is -2.26. The van der Waals surface area contributed by atoms with Crippen molar-refractivity contribution >= 4 is 11.9 Å². The normalized spacial score (nSPS) is 13.6. The Morgan fingerprint density at radius 1 is 0.641 bits per heavy atom. The van der Waals surface area contributed by atoms with Crippen LogP contribution in [-0.2, 0) is 10.8 Å². The van der Waals surface area contributed by atoms with Crippen LogP contribution in [0.25, 0.3) is 0 Å². The summed E-state index contributed by atoms with van der Waals surface area (Å²) in [4.78, 5) is 21.1. The lowest BCUT2D eigenvalue weighted by Crippen LogP contribution is -2.31. The van der Waals surface area contributed by atoms with Gasteiger partial charge >= 0.3 is 11.9 Å². The zero-order valence-electron chi connectivity index (χ0n) is 25.5. The van der Waals surface area contributed by atoms with Crippen LogP contribution in [0.2, 0.25) is 0 Å². The van der Waals surface area contributed by atoms with Crippen LogP contribution in [0.3, 0.4) is 0 Å². The van der Waals surface area contributed by atoms with Gasteiger partial charge in [-0.05, 0) is 65.5 Å². The van der Waals surface area contributed by atoms with Crippen molar-refractivity contribution in [3.63, 3.8) is 0 Å². The van der Waals surface area contributed by atoms with Crippen molar-refractivity contribution in [1.29, 1.82) is 0 Å². The van der Waals surface area contributed by atoms with E-state index in [0.29, 0.717) is 11.1 Å². The van der Waals surface area contributed by atoms with Gasteiger partial charge in [-0.1, -0.05) is 99.4 Å². The highest BCUT2D eigenvalue weighted by Gasteiger charge is 2.23. The van der Waals surface area contributed by atoms with E-state index in [-0.39, 0.29) is 29.0 Å². The maximum atomic E-state index is 10.6. The molecule has 0 aliphatic rings.